The summed E-state index contributed by atoms with van der Waals surface area (Å²) in [6.07, 6.45) is 1.58. The van der Waals surface area contributed by atoms with Crippen LogP contribution in [0, 0.1) is 0 Å². The predicted octanol–water partition coefficient (Wildman–Crippen LogP) is 3.65. The van der Waals surface area contributed by atoms with Gasteiger partial charge in [-0.1, -0.05) is 41.9 Å². The molecule has 1 amide bonds. The van der Waals surface area contributed by atoms with Crippen molar-refractivity contribution in [3.8, 4) is 5.75 Å². The lowest BCUT2D eigenvalue weighted by atomic mass is 10.1. The number of halogens is 1. The van der Waals surface area contributed by atoms with E-state index in [1.807, 2.05) is 30.3 Å². The van der Waals surface area contributed by atoms with Crippen molar-refractivity contribution >= 4 is 23.7 Å². The number of benzene rings is 2. The van der Waals surface area contributed by atoms with Crippen LogP contribution in [-0.2, 0) is 4.79 Å². The van der Waals surface area contributed by atoms with Gasteiger partial charge >= 0.3 is 0 Å². The Morgan fingerprint density at radius 2 is 1.77 bits per heavy atom. The molecule has 1 N–H and O–H groups in total. The smallest absolute Gasteiger partial charge is 0.283 e. The van der Waals surface area contributed by atoms with E-state index in [4.69, 9.17) is 16.3 Å². The molecule has 4 nitrogen and oxygen atoms in total. The maximum Gasteiger partial charge on any atom is 0.283 e. The van der Waals surface area contributed by atoms with Crippen LogP contribution in [-0.4, -0.2) is 17.7 Å². The van der Waals surface area contributed by atoms with E-state index in [0.717, 1.165) is 5.56 Å². The molecule has 2 rings (SSSR count). The first-order valence-corrected chi connectivity index (χ1v) is 7.18. The van der Waals surface area contributed by atoms with E-state index in [2.05, 4.69) is 10.5 Å². The monoisotopic (exact) mass is 316 g/mol. The number of hydrogen-bond acceptors (Lipinski definition) is 3. The molecule has 0 saturated heterocycles. The van der Waals surface area contributed by atoms with E-state index in [1.54, 1.807) is 44.3 Å². The van der Waals surface area contributed by atoms with E-state index in [1.165, 1.54) is 0 Å². The molecule has 114 valence electrons. The summed E-state index contributed by atoms with van der Waals surface area (Å²) in [4.78, 5) is 12.2. The zero-order valence-corrected chi connectivity index (χ0v) is 13.2. The average molecular weight is 317 g/mol. The predicted molar refractivity (Wildman–Crippen MR) is 88.3 cm³/mol. The van der Waals surface area contributed by atoms with Crippen LogP contribution in [0.4, 0.5) is 0 Å². The minimum absolute atomic E-state index is 0.338. The van der Waals surface area contributed by atoms with Crippen molar-refractivity contribution in [2.75, 3.05) is 0 Å². The van der Waals surface area contributed by atoms with Crippen LogP contribution < -0.4 is 10.2 Å². The second kappa shape index (κ2) is 7.09. The minimum Gasteiger partial charge on any atom is -0.478 e. The van der Waals surface area contributed by atoms with Gasteiger partial charge in [0.15, 0.2) is 5.60 Å². The fourth-order valence-electron chi connectivity index (χ4n) is 1.68. The van der Waals surface area contributed by atoms with Gasteiger partial charge in [-0.25, -0.2) is 5.43 Å². The van der Waals surface area contributed by atoms with E-state index in [9.17, 15) is 4.79 Å². The van der Waals surface area contributed by atoms with Gasteiger partial charge in [0.05, 0.1) is 6.21 Å². The van der Waals surface area contributed by atoms with Crippen LogP contribution in [0.1, 0.15) is 19.4 Å². The van der Waals surface area contributed by atoms with Crippen molar-refractivity contribution in [3.63, 3.8) is 0 Å². The van der Waals surface area contributed by atoms with Crippen LogP contribution in [0.5, 0.6) is 5.75 Å². The Bertz CT molecular complexity index is 652. The molecule has 5 heteroatoms. The summed E-state index contributed by atoms with van der Waals surface area (Å²) in [6.45, 7) is 3.35. The topological polar surface area (TPSA) is 50.7 Å². The van der Waals surface area contributed by atoms with Crippen molar-refractivity contribution in [2.24, 2.45) is 5.10 Å². The molecule has 0 fully saturated rings. The Balaban J connectivity index is 1.95. The van der Waals surface area contributed by atoms with Crippen molar-refractivity contribution in [2.45, 2.75) is 19.4 Å². The normalized spacial score (nSPS) is 11.4. The van der Waals surface area contributed by atoms with Crippen molar-refractivity contribution in [3.05, 3.63) is 65.2 Å². The SMILES string of the molecule is CC(C)(Oc1ccc(Cl)cc1)C(=O)N/N=C/c1ccccc1. The highest BCUT2D eigenvalue weighted by molar-refractivity contribution is 6.30. The number of amides is 1. The summed E-state index contributed by atoms with van der Waals surface area (Å²) < 4.78 is 5.68. The standard InChI is InChI=1S/C17H17ClN2O2/c1-17(2,22-15-10-8-14(18)9-11-15)16(21)20-19-12-13-6-4-3-5-7-13/h3-12H,1-2H3,(H,20,21)/b19-12+. The lowest BCUT2D eigenvalue weighted by Crippen LogP contribution is -2.44. The summed E-state index contributed by atoms with van der Waals surface area (Å²) in [5.74, 6) is 0.228. The second-order valence-corrected chi connectivity index (χ2v) is 5.61. The Labute approximate surface area is 134 Å². The van der Waals surface area contributed by atoms with Gasteiger partial charge in [-0.2, -0.15) is 5.10 Å². The summed E-state index contributed by atoms with van der Waals surface area (Å²) >= 11 is 5.82. The van der Waals surface area contributed by atoms with Crippen molar-refractivity contribution < 1.29 is 9.53 Å². The third-order valence-corrected chi connectivity index (χ3v) is 3.16. The van der Waals surface area contributed by atoms with Crippen LogP contribution in [0.15, 0.2) is 59.7 Å². The Morgan fingerprint density at radius 1 is 1.14 bits per heavy atom. The lowest BCUT2D eigenvalue weighted by Gasteiger charge is -2.24. The van der Waals surface area contributed by atoms with Crippen LogP contribution in [0.3, 0.4) is 0 Å². The third kappa shape index (κ3) is 4.60. The zero-order chi connectivity index (χ0) is 16.0. The van der Waals surface area contributed by atoms with Gasteiger partial charge in [-0.3, -0.25) is 4.79 Å². The molecule has 2 aromatic rings. The summed E-state index contributed by atoms with van der Waals surface area (Å²) in [7, 11) is 0. The zero-order valence-electron chi connectivity index (χ0n) is 12.4. The van der Waals surface area contributed by atoms with Gasteiger partial charge in [0.25, 0.3) is 5.91 Å². The quantitative estimate of drug-likeness (QED) is 0.676. The van der Waals surface area contributed by atoms with Gasteiger partial charge in [0.2, 0.25) is 0 Å². The molecule has 0 aromatic heterocycles. The van der Waals surface area contributed by atoms with Crippen LogP contribution >= 0.6 is 11.6 Å². The first-order chi connectivity index (χ1) is 10.5. The molecule has 0 aliphatic carbocycles. The van der Waals surface area contributed by atoms with Gasteiger partial charge in [0.1, 0.15) is 5.75 Å². The molecule has 0 saturated carbocycles. The number of rotatable bonds is 5. The number of carbonyl (C=O) groups excluding carboxylic acids is 1. The highest BCUT2D eigenvalue weighted by Gasteiger charge is 2.29. The van der Waals surface area contributed by atoms with Gasteiger partial charge < -0.3 is 4.74 Å². The second-order valence-electron chi connectivity index (χ2n) is 5.18. The Hall–Kier alpha value is -2.33. The number of carbonyl (C=O) groups is 1. The molecule has 0 bridgehead atoms. The molecule has 0 unspecified atom stereocenters. The fourth-order valence-corrected chi connectivity index (χ4v) is 1.81. The molecular formula is C17H17ClN2O2. The van der Waals surface area contributed by atoms with Crippen molar-refractivity contribution in [1.82, 2.24) is 5.43 Å². The van der Waals surface area contributed by atoms with Crippen LogP contribution in [0.25, 0.3) is 0 Å². The fraction of sp³-hybridized carbons (Fsp3) is 0.176. The van der Waals surface area contributed by atoms with E-state index in [0.29, 0.717) is 10.8 Å². The third-order valence-electron chi connectivity index (χ3n) is 2.91. The lowest BCUT2D eigenvalue weighted by molar-refractivity contribution is -0.134. The molecule has 0 spiro atoms. The molecule has 0 aliphatic heterocycles. The van der Waals surface area contributed by atoms with E-state index in [-0.39, 0.29) is 5.91 Å². The molecule has 0 radical (unpaired) electrons. The van der Waals surface area contributed by atoms with Gasteiger partial charge in [-0.05, 0) is 43.7 Å². The minimum atomic E-state index is -1.05. The molecule has 22 heavy (non-hydrogen) atoms. The first kappa shape index (κ1) is 16.0. The highest BCUT2D eigenvalue weighted by atomic mass is 35.5. The van der Waals surface area contributed by atoms with Gasteiger partial charge in [0, 0.05) is 5.02 Å². The molecule has 0 atom stereocenters. The average Bonchev–Trinajstić information content (AvgIpc) is 2.50. The number of nitrogens with zero attached hydrogens (tertiary/aromatic N) is 1. The summed E-state index contributed by atoms with van der Waals surface area (Å²) in [5.41, 5.74) is 2.33. The first-order valence-electron chi connectivity index (χ1n) is 6.80. The number of nitrogens with one attached hydrogen (secondary N) is 1. The summed E-state index contributed by atoms with van der Waals surface area (Å²) in [5, 5.41) is 4.55. The van der Waals surface area contributed by atoms with Crippen LogP contribution in [0.2, 0.25) is 5.02 Å². The number of ether oxygens (including phenoxy) is 1. The molecule has 0 heterocycles. The van der Waals surface area contributed by atoms with Gasteiger partial charge in [-0.15, -0.1) is 0 Å². The van der Waals surface area contributed by atoms with Crippen molar-refractivity contribution in [1.29, 1.82) is 0 Å². The molecular weight excluding hydrogens is 300 g/mol. The highest BCUT2D eigenvalue weighted by Crippen LogP contribution is 2.20. The molecule has 0 aliphatic rings. The van der Waals surface area contributed by atoms with E-state index < -0.39 is 5.60 Å². The number of hydrazone groups is 1. The maximum atomic E-state index is 12.2. The maximum absolute atomic E-state index is 12.2. The summed E-state index contributed by atoms with van der Waals surface area (Å²) in [6, 6.07) is 16.3. The Kier molecular flexibility index (Phi) is 5.17. The largest absolute Gasteiger partial charge is 0.478 e. The molecule has 2 aromatic carbocycles. The van der Waals surface area contributed by atoms with E-state index >= 15 is 0 Å². The Morgan fingerprint density at radius 3 is 2.41 bits per heavy atom. The number of hydrogen-bond donors (Lipinski definition) is 1.